The molecule has 1 saturated heterocycles. The molecule has 1 spiro atoms. The van der Waals surface area contributed by atoms with Gasteiger partial charge in [-0.2, -0.15) is 0 Å². The van der Waals surface area contributed by atoms with Crippen molar-refractivity contribution < 1.29 is 63.7 Å². The topological polar surface area (TPSA) is 229 Å². The zero-order valence-electron chi connectivity index (χ0n) is 25.3. The van der Waals surface area contributed by atoms with Gasteiger partial charge in [0.2, 0.25) is 5.91 Å². The van der Waals surface area contributed by atoms with Gasteiger partial charge in [0.05, 0.1) is 17.4 Å². The molecule has 0 radical (unpaired) electrons. The van der Waals surface area contributed by atoms with E-state index >= 15 is 0 Å². The first kappa shape index (κ1) is 33.7. The molecule has 15 nitrogen and oxygen atoms in total. The molecule has 3 aliphatic rings. The number of nitrogens with zero attached hydrogens (tertiary/aromatic N) is 1. The van der Waals surface area contributed by atoms with E-state index < -0.39 is 84.4 Å². The summed E-state index contributed by atoms with van der Waals surface area (Å²) in [6.07, 6.45) is -4.52. The maximum absolute atomic E-state index is 13.2. The number of ether oxygens (including phenoxy) is 3. The van der Waals surface area contributed by atoms with Gasteiger partial charge in [-0.15, -0.1) is 0 Å². The summed E-state index contributed by atoms with van der Waals surface area (Å²) in [7, 11) is 1.90. The van der Waals surface area contributed by atoms with Crippen molar-refractivity contribution in [1.29, 1.82) is 0 Å². The van der Waals surface area contributed by atoms with Crippen LogP contribution in [0.3, 0.4) is 0 Å². The van der Waals surface area contributed by atoms with Crippen LogP contribution in [0, 0.1) is 6.92 Å². The van der Waals surface area contributed by atoms with Crippen molar-refractivity contribution in [3.05, 3.63) is 35.1 Å². The van der Waals surface area contributed by atoms with Gasteiger partial charge in [-0.05, 0) is 64.9 Å². The van der Waals surface area contributed by atoms with E-state index in [2.05, 4.69) is 5.32 Å². The highest BCUT2D eigenvalue weighted by molar-refractivity contribution is 5.89. The fourth-order valence-corrected chi connectivity index (χ4v) is 6.54. The lowest BCUT2D eigenvalue weighted by Gasteiger charge is -2.58. The number of piperidine rings is 1. The number of amides is 1. The van der Waals surface area contributed by atoms with Gasteiger partial charge < -0.3 is 50.0 Å². The lowest BCUT2D eigenvalue weighted by atomic mass is 9.54. The third kappa shape index (κ3) is 6.07. The van der Waals surface area contributed by atoms with Crippen LogP contribution in [0.5, 0.6) is 11.5 Å². The highest BCUT2D eigenvalue weighted by Gasteiger charge is 2.69. The number of hydrogen-bond acceptors (Lipinski definition) is 12. The first-order valence-electron chi connectivity index (χ1n) is 14.5. The molecule has 1 amide bonds. The van der Waals surface area contributed by atoms with Crippen LogP contribution in [-0.2, 0) is 38.9 Å². The number of benzene rings is 1. The second-order valence-corrected chi connectivity index (χ2v) is 11.8. The average Bonchev–Trinajstić information content (AvgIpc) is 3.34. The first-order chi connectivity index (χ1) is 21.0. The van der Waals surface area contributed by atoms with E-state index in [-0.39, 0.29) is 29.7 Å². The number of aromatic hydroxyl groups is 1. The van der Waals surface area contributed by atoms with Gasteiger partial charge in [-0.1, -0.05) is 6.07 Å². The number of hydrogen-bond donors (Lipinski definition) is 6. The van der Waals surface area contributed by atoms with Gasteiger partial charge in [0.15, 0.2) is 29.8 Å². The Kier molecular flexibility index (Phi) is 9.47. The zero-order valence-corrected chi connectivity index (χ0v) is 25.3. The van der Waals surface area contributed by atoms with Crippen LogP contribution >= 0.6 is 0 Å². The molecule has 1 aromatic carbocycles. The lowest BCUT2D eigenvalue weighted by molar-refractivity contribution is -0.172. The van der Waals surface area contributed by atoms with Crippen LogP contribution in [0.4, 0.5) is 0 Å². The number of rotatable bonds is 11. The number of carbonyl (C=O) groups is 5. The van der Waals surface area contributed by atoms with Crippen LogP contribution in [0.1, 0.15) is 57.1 Å². The monoisotopic (exact) mass is 634 g/mol. The molecule has 2 aliphatic heterocycles. The molecule has 6 N–H and O–H groups in total. The summed E-state index contributed by atoms with van der Waals surface area (Å²) in [5.41, 5.74) is -1.05. The SMILES string of the molecule is Cc1ccc(O)c2c1C13CCN(C)[C@H](C)[C@]1(O)CC=C(OC(=O)[C@H](C)OC(=O)[C@H](CCC(=O)O)NC(=O)C[C@H](O)C(=O)O)C3O2. The Morgan fingerprint density at radius 1 is 1.18 bits per heavy atom. The van der Waals surface area contributed by atoms with Gasteiger partial charge >= 0.3 is 23.9 Å². The second-order valence-electron chi connectivity index (χ2n) is 11.8. The Hall–Kier alpha value is -4.21. The van der Waals surface area contributed by atoms with E-state index in [0.29, 0.717) is 18.5 Å². The summed E-state index contributed by atoms with van der Waals surface area (Å²) in [5, 5.41) is 52.4. The minimum Gasteiger partial charge on any atom is -0.504 e. The molecule has 2 heterocycles. The Labute approximate surface area is 258 Å². The van der Waals surface area contributed by atoms with Gasteiger partial charge in [-0.25, -0.2) is 14.4 Å². The molecule has 246 valence electrons. The number of carboxylic acids is 2. The van der Waals surface area contributed by atoms with Crippen molar-refractivity contribution in [2.75, 3.05) is 13.6 Å². The van der Waals surface area contributed by atoms with Crippen molar-refractivity contribution in [2.24, 2.45) is 0 Å². The summed E-state index contributed by atoms with van der Waals surface area (Å²) in [4.78, 5) is 62.3. The molecule has 4 rings (SSSR count). The largest absolute Gasteiger partial charge is 0.504 e. The van der Waals surface area contributed by atoms with E-state index in [1.54, 1.807) is 6.07 Å². The summed E-state index contributed by atoms with van der Waals surface area (Å²) < 4.78 is 17.1. The maximum atomic E-state index is 13.2. The number of likely N-dealkylation sites (N-methyl/N-ethyl adjacent to an activating group) is 1. The number of carboxylic acid groups (broad SMARTS) is 2. The molecule has 15 heteroatoms. The van der Waals surface area contributed by atoms with Crippen molar-refractivity contribution in [2.45, 2.75) is 94.3 Å². The van der Waals surface area contributed by atoms with Crippen LogP contribution in [0.2, 0.25) is 0 Å². The van der Waals surface area contributed by atoms with E-state index in [1.165, 1.54) is 19.1 Å². The van der Waals surface area contributed by atoms with Gasteiger partial charge in [0, 0.05) is 24.4 Å². The number of aliphatic hydroxyl groups is 2. The van der Waals surface area contributed by atoms with Crippen molar-refractivity contribution in [3.63, 3.8) is 0 Å². The Bertz CT molecular complexity index is 1430. The highest BCUT2D eigenvalue weighted by Crippen LogP contribution is 2.62. The van der Waals surface area contributed by atoms with Crippen LogP contribution in [0.15, 0.2) is 24.0 Å². The molecule has 1 aliphatic carbocycles. The van der Waals surface area contributed by atoms with Crippen LogP contribution in [0.25, 0.3) is 0 Å². The number of fused-ring (bicyclic) bond motifs is 1. The molecule has 0 bridgehead atoms. The molecule has 1 fully saturated rings. The Morgan fingerprint density at radius 3 is 2.51 bits per heavy atom. The highest BCUT2D eigenvalue weighted by atomic mass is 16.6. The van der Waals surface area contributed by atoms with Crippen molar-refractivity contribution in [3.8, 4) is 11.5 Å². The fourth-order valence-electron chi connectivity index (χ4n) is 6.54. The number of aryl methyl sites for hydroxylation is 1. The summed E-state index contributed by atoms with van der Waals surface area (Å²) in [6.45, 7) is 5.51. The minimum absolute atomic E-state index is 0.0534. The van der Waals surface area contributed by atoms with Crippen molar-refractivity contribution >= 4 is 29.8 Å². The van der Waals surface area contributed by atoms with Gasteiger partial charge in [-0.3, -0.25) is 9.59 Å². The quantitative estimate of drug-likeness (QED) is 0.178. The number of phenolic OH excluding ortho intramolecular Hbond substituents is 1. The van der Waals surface area contributed by atoms with E-state index in [1.807, 2.05) is 25.8 Å². The number of likely N-dealkylation sites (tertiary alicyclic amines) is 1. The standard InChI is InChI=1S/C30H38N2O13/c1-14-5-7-18(33)24-23(14)29-11-12-32(4)16(3)30(29,42)10-9-20(25(29)45-24)44-27(40)15(2)43-28(41)17(6-8-22(36)37)31-21(35)13-19(34)26(38)39/h5,7,9,15-17,19,25,33-34,42H,6,8,10-13H2,1-4H3,(H,31,35)(H,36,37)(H,38,39)/t15-,16+,17-,19-,25?,29?,30+/m0/s1. The molecule has 2 unspecified atom stereocenters. The van der Waals surface area contributed by atoms with Crippen LogP contribution < -0.4 is 10.1 Å². The van der Waals surface area contributed by atoms with E-state index in [4.69, 9.17) is 24.4 Å². The number of carbonyl (C=O) groups excluding carboxylic acids is 3. The molecular formula is C30H38N2O13. The summed E-state index contributed by atoms with van der Waals surface area (Å²) in [6, 6.07) is 1.30. The first-order valence-corrected chi connectivity index (χ1v) is 14.5. The second kappa shape index (κ2) is 12.7. The molecule has 0 saturated carbocycles. The molecular weight excluding hydrogens is 596 g/mol. The summed E-state index contributed by atoms with van der Waals surface area (Å²) in [5.74, 6) is -6.12. The smallest absolute Gasteiger partial charge is 0.352 e. The van der Waals surface area contributed by atoms with E-state index in [0.717, 1.165) is 5.56 Å². The fraction of sp³-hybridized carbons (Fsp3) is 0.567. The molecule has 45 heavy (non-hydrogen) atoms. The molecule has 1 aromatic rings. The van der Waals surface area contributed by atoms with Gasteiger partial charge in [0.25, 0.3) is 0 Å². The van der Waals surface area contributed by atoms with Crippen molar-refractivity contribution in [1.82, 2.24) is 10.2 Å². The van der Waals surface area contributed by atoms with E-state index in [9.17, 15) is 39.3 Å². The third-order valence-corrected chi connectivity index (χ3v) is 9.10. The number of phenols is 1. The Morgan fingerprint density at radius 2 is 1.87 bits per heavy atom. The predicted octanol–water partition coefficient (Wildman–Crippen LogP) is 0.102. The Balaban J connectivity index is 1.54. The molecule has 0 aromatic heterocycles. The predicted molar refractivity (Wildman–Crippen MR) is 152 cm³/mol. The maximum Gasteiger partial charge on any atom is 0.352 e. The minimum atomic E-state index is -2.05. The normalized spacial score (nSPS) is 27.3. The summed E-state index contributed by atoms with van der Waals surface area (Å²) >= 11 is 0. The number of nitrogens with one attached hydrogen (secondary N) is 1. The lowest BCUT2D eigenvalue weighted by Crippen LogP contribution is -2.71. The average molecular weight is 635 g/mol. The number of esters is 2. The molecule has 7 atom stereocenters. The van der Waals surface area contributed by atoms with Gasteiger partial charge in [0.1, 0.15) is 11.8 Å². The third-order valence-electron chi connectivity index (χ3n) is 9.10. The zero-order chi connectivity index (χ0) is 33.4. The number of aliphatic carboxylic acids is 2. The van der Waals surface area contributed by atoms with Crippen LogP contribution in [-0.4, -0.2) is 110 Å². The number of aliphatic hydroxyl groups excluding tert-OH is 1.